The lowest BCUT2D eigenvalue weighted by Crippen LogP contribution is -2.18. The average molecular weight is 214 g/mol. The van der Waals surface area contributed by atoms with Crippen molar-refractivity contribution in [2.45, 2.75) is 12.5 Å². The first-order valence-electron chi connectivity index (χ1n) is 4.55. The van der Waals surface area contributed by atoms with Gasteiger partial charge < -0.3 is 5.32 Å². The van der Waals surface area contributed by atoms with Gasteiger partial charge in [-0.3, -0.25) is 4.98 Å². The van der Waals surface area contributed by atoms with E-state index >= 15 is 0 Å². The summed E-state index contributed by atoms with van der Waals surface area (Å²) in [7, 11) is 1.85. The molecule has 0 fully saturated rings. The Morgan fingerprint density at radius 1 is 1.64 bits per heavy atom. The normalized spacial score (nSPS) is 12.8. The Hall–Kier alpha value is -0.610. The molecule has 1 aromatic heterocycles. The number of thioether (sulfide) groups is 1. The Labute approximate surface area is 88.3 Å². The van der Waals surface area contributed by atoms with E-state index in [0.29, 0.717) is 5.56 Å². The van der Waals surface area contributed by atoms with Crippen molar-refractivity contribution in [2.75, 3.05) is 19.1 Å². The van der Waals surface area contributed by atoms with Crippen LogP contribution in [-0.4, -0.2) is 24.0 Å². The summed E-state index contributed by atoms with van der Waals surface area (Å²) in [5, 5.41) is 3.11. The second-order valence-electron chi connectivity index (χ2n) is 3.02. The number of rotatable bonds is 5. The highest BCUT2D eigenvalue weighted by atomic mass is 32.2. The molecule has 0 aromatic carbocycles. The van der Waals surface area contributed by atoms with Crippen LogP contribution in [0.15, 0.2) is 18.5 Å². The summed E-state index contributed by atoms with van der Waals surface area (Å²) >= 11 is 1.77. The van der Waals surface area contributed by atoms with Crippen molar-refractivity contribution in [1.82, 2.24) is 10.3 Å². The molecule has 0 saturated carbocycles. The lowest BCUT2D eigenvalue weighted by Gasteiger charge is -2.16. The van der Waals surface area contributed by atoms with Crippen molar-refractivity contribution in [2.24, 2.45) is 0 Å². The molecule has 0 aliphatic carbocycles. The van der Waals surface area contributed by atoms with Crippen LogP contribution in [0.4, 0.5) is 4.39 Å². The number of nitrogens with zero attached hydrogens (tertiary/aromatic N) is 1. The first-order chi connectivity index (χ1) is 6.79. The monoisotopic (exact) mass is 214 g/mol. The van der Waals surface area contributed by atoms with Crippen LogP contribution in [0.5, 0.6) is 0 Å². The molecule has 1 heterocycles. The van der Waals surface area contributed by atoms with Crippen LogP contribution >= 0.6 is 11.8 Å². The number of nitrogens with one attached hydrogen (secondary N) is 1. The Balaban J connectivity index is 2.73. The molecule has 0 saturated heterocycles. The van der Waals surface area contributed by atoms with Crippen LogP contribution in [0.25, 0.3) is 0 Å². The summed E-state index contributed by atoms with van der Waals surface area (Å²) in [5.74, 6) is 0.792. The van der Waals surface area contributed by atoms with Gasteiger partial charge in [-0.1, -0.05) is 0 Å². The Bertz CT molecular complexity index is 281. The smallest absolute Gasteiger partial charge is 0.146 e. The molecule has 1 N–H and O–H groups in total. The molecule has 0 aliphatic rings. The SMILES string of the molecule is CNC(CCSC)c1ccncc1F. The third-order valence-electron chi connectivity index (χ3n) is 2.14. The molecule has 0 spiro atoms. The number of pyridine rings is 1. The van der Waals surface area contributed by atoms with Gasteiger partial charge in [-0.15, -0.1) is 0 Å². The summed E-state index contributed by atoms with van der Waals surface area (Å²) < 4.78 is 13.3. The molecule has 0 radical (unpaired) electrons. The standard InChI is InChI=1S/C10H15FN2S/c1-12-10(4-6-14-2)8-3-5-13-7-9(8)11/h3,5,7,10,12H,4,6H2,1-2H3. The summed E-state index contributed by atoms with van der Waals surface area (Å²) in [5.41, 5.74) is 0.705. The van der Waals surface area contributed by atoms with E-state index < -0.39 is 0 Å². The minimum Gasteiger partial charge on any atom is -0.313 e. The van der Waals surface area contributed by atoms with E-state index in [2.05, 4.69) is 16.6 Å². The fourth-order valence-electron chi connectivity index (χ4n) is 1.36. The highest BCUT2D eigenvalue weighted by Gasteiger charge is 2.12. The molecule has 0 amide bonds. The van der Waals surface area contributed by atoms with Crippen molar-refractivity contribution < 1.29 is 4.39 Å². The fraction of sp³-hybridized carbons (Fsp3) is 0.500. The molecule has 78 valence electrons. The Kier molecular flexibility index (Phi) is 4.90. The topological polar surface area (TPSA) is 24.9 Å². The number of hydrogen-bond donors (Lipinski definition) is 1. The zero-order valence-electron chi connectivity index (χ0n) is 8.46. The largest absolute Gasteiger partial charge is 0.313 e. The van der Waals surface area contributed by atoms with Gasteiger partial charge in [-0.25, -0.2) is 4.39 Å². The van der Waals surface area contributed by atoms with Crippen LogP contribution < -0.4 is 5.32 Å². The number of halogens is 1. The lowest BCUT2D eigenvalue weighted by atomic mass is 10.1. The van der Waals surface area contributed by atoms with Crippen molar-refractivity contribution in [1.29, 1.82) is 0 Å². The maximum atomic E-state index is 13.3. The van der Waals surface area contributed by atoms with Gasteiger partial charge in [0.25, 0.3) is 0 Å². The van der Waals surface area contributed by atoms with Gasteiger partial charge in [0.2, 0.25) is 0 Å². The summed E-state index contributed by atoms with van der Waals surface area (Å²) in [6.45, 7) is 0. The minimum atomic E-state index is -0.229. The summed E-state index contributed by atoms with van der Waals surface area (Å²) in [6, 6.07) is 1.82. The fourth-order valence-corrected chi connectivity index (χ4v) is 1.83. The molecule has 0 bridgehead atoms. The average Bonchev–Trinajstić information content (AvgIpc) is 2.21. The zero-order chi connectivity index (χ0) is 10.4. The Morgan fingerprint density at radius 3 is 3.00 bits per heavy atom. The van der Waals surface area contributed by atoms with E-state index in [-0.39, 0.29) is 11.9 Å². The van der Waals surface area contributed by atoms with Gasteiger partial charge in [0.15, 0.2) is 0 Å². The van der Waals surface area contributed by atoms with E-state index in [9.17, 15) is 4.39 Å². The molecule has 1 atom stereocenters. The van der Waals surface area contributed by atoms with E-state index in [0.717, 1.165) is 12.2 Å². The van der Waals surface area contributed by atoms with Crippen molar-refractivity contribution in [3.8, 4) is 0 Å². The maximum Gasteiger partial charge on any atom is 0.146 e. The Morgan fingerprint density at radius 2 is 2.43 bits per heavy atom. The van der Waals surface area contributed by atoms with Gasteiger partial charge in [0, 0.05) is 17.8 Å². The molecular weight excluding hydrogens is 199 g/mol. The number of aromatic nitrogens is 1. The van der Waals surface area contributed by atoms with Crippen LogP contribution in [0.2, 0.25) is 0 Å². The number of hydrogen-bond acceptors (Lipinski definition) is 3. The van der Waals surface area contributed by atoms with E-state index in [1.165, 1.54) is 6.20 Å². The van der Waals surface area contributed by atoms with Gasteiger partial charge in [-0.05, 0) is 31.5 Å². The van der Waals surface area contributed by atoms with Gasteiger partial charge in [-0.2, -0.15) is 11.8 Å². The maximum absolute atomic E-state index is 13.3. The highest BCUT2D eigenvalue weighted by Crippen LogP contribution is 2.20. The quantitative estimate of drug-likeness (QED) is 0.813. The molecular formula is C10H15FN2S. The van der Waals surface area contributed by atoms with E-state index in [4.69, 9.17) is 0 Å². The highest BCUT2D eigenvalue weighted by molar-refractivity contribution is 7.98. The van der Waals surface area contributed by atoms with E-state index in [1.807, 2.05) is 7.05 Å². The van der Waals surface area contributed by atoms with Gasteiger partial charge >= 0.3 is 0 Å². The zero-order valence-corrected chi connectivity index (χ0v) is 9.27. The molecule has 1 aromatic rings. The lowest BCUT2D eigenvalue weighted by molar-refractivity contribution is 0.524. The van der Waals surface area contributed by atoms with Crippen LogP contribution in [0.3, 0.4) is 0 Å². The first kappa shape index (κ1) is 11.5. The van der Waals surface area contributed by atoms with Crippen LogP contribution in [-0.2, 0) is 0 Å². The third-order valence-corrected chi connectivity index (χ3v) is 2.78. The predicted molar refractivity (Wildman–Crippen MR) is 59.0 cm³/mol. The molecule has 0 aliphatic heterocycles. The first-order valence-corrected chi connectivity index (χ1v) is 5.94. The van der Waals surface area contributed by atoms with Gasteiger partial charge in [0.1, 0.15) is 5.82 Å². The second kappa shape index (κ2) is 5.98. The third kappa shape index (κ3) is 2.96. The van der Waals surface area contributed by atoms with Crippen molar-refractivity contribution in [3.05, 3.63) is 29.8 Å². The molecule has 4 heteroatoms. The van der Waals surface area contributed by atoms with Crippen LogP contribution in [0, 0.1) is 5.82 Å². The second-order valence-corrected chi connectivity index (χ2v) is 4.01. The molecule has 1 unspecified atom stereocenters. The molecule has 2 nitrogen and oxygen atoms in total. The van der Waals surface area contributed by atoms with E-state index in [1.54, 1.807) is 24.0 Å². The van der Waals surface area contributed by atoms with Crippen LogP contribution in [0.1, 0.15) is 18.0 Å². The van der Waals surface area contributed by atoms with Crippen molar-refractivity contribution >= 4 is 11.8 Å². The summed E-state index contributed by atoms with van der Waals surface area (Å²) in [6.07, 6.45) is 5.87. The van der Waals surface area contributed by atoms with Crippen molar-refractivity contribution in [3.63, 3.8) is 0 Å². The van der Waals surface area contributed by atoms with Gasteiger partial charge in [0.05, 0.1) is 6.20 Å². The minimum absolute atomic E-state index is 0.0884. The summed E-state index contributed by atoms with van der Waals surface area (Å²) in [4.78, 5) is 3.73. The molecule has 1 rings (SSSR count). The predicted octanol–water partition coefficient (Wildman–Crippen LogP) is 2.23. The molecule has 14 heavy (non-hydrogen) atoms.